The highest BCUT2D eigenvalue weighted by molar-refractivity contribution is 7.11. The lowest BCUT2D eigenvalue weighted by Gasteiger charge is -2.16. The van der Waals surface area contributed by atoms with Gasteiger partial charge in [-0.2, -0.15) is 4.37 Å². The van der Waals surface area contributed by atoms with E-state index in [0.717, 1.165) is 24.5 Å². The van der Waals surface area contributed by atoms with Gasteiger partial charge in [-0.1, -0.05) is 6.92 Å². The van der Waals surface area contributed by atoms with Crippen LogP contribution in [0.15, 0.2) is 0 Å². The molecule has 1 aromatic heterocycles. The van der Waals surface area contributed by atoms with E-state index in [2.05, 4.69) is 16.2 Å². The standard InChI is InChI=1S/C10H15N3O2S/c1-6-3-4-13(5-6)9-7(10(14)15-2)8(11)12-16-9/h6H,3-5H2,1-2H3,(H2,11,12). The van der Waals surface area contributed by atoms with Crippen LogP contribution in [0.25, 0.3) is 0 Å². The fourth-order valence-electron chi connectivity index (χ4n) is 1.92. The predicted molar refractivity (Wildman–Crippen MR) is 63.9 cm³/mol. The van der Waals surface area contributed by atoms with Gasteiger partial charge in [0.25, 0.3) is 0 Å². The number of anilines is 2. The van der Waals surface area contributed by atoms with Gasteiger partial charge in [0.05, 0.1) is 7.11 Å². The third-order valence-corrected chi connectivity index (χ3v) is 3.72. The second kappa shape index (κ2) is 4.29. The fraction of sp³-hybridized carbons (Fsp3) is 0.600. The van der Waals surface area contributed by atoms with E-state index >= 15 is 0 Å². The monoisotopic (exact) mass is 241 g/mol. The van der Waals surface area contributed by atoms with Gasteiger partial charge >= 0.3 is 5.97 Å². The molecular weight excluding hydrogens is 226 g/mol. The summed E-state index contributed by atoms with van der Waals surface area (Å²) in [5.41, 5.74) is 6.11. The molecular formula is C10H15N3O2S. The molecule has 2 N–H and O–H groups in total. The fourth-order valence-corrected chi connectivity index (χ4v) is 2.76. The molecule has 1 unspecified atom stereocenters. The molecule has 6 heteroatoms. The summed E-state index contributed by atoms with van der Waals surface area (Å²) in [7, 11) is 1.36. The first-order valence-electron chi connectivity index (χ1n) is 5.22. The molecule has 5 nitrogen and oxygen atoms in total. The third kappa shape index (κ3) is 1.84. The zero-order valence-corrected chi connectivity index (χ0v) is 10.2. The van der Waals surface area contributed by atoms with Gasteiger partial charge in [0.15, 0.2) is 5.82 Å². The van der Waals surface area contributed by atoms with E-state index in [4.69, 9.17) is 10.5 Å². The van der Waals surface area contributed by atoms with Gasteiger partial charge in [-0.15, -0.1) is 0 Å². The lowest BCUT2D eigenvalue weighted by molar-refractivity contribution is 0.0603. The van der Waals surface area contributed by atoms with E-state index in [9.17, 15) is 4.79 Å². The van der Waals surface area contributed by atoms with Crippen molar-refractivity contribution in [1.29, 1.82) is 0 Å². The Kier molecular flexibility index (Phi) is 3.00. The molecule has 1 fully saturated rings. The molecule has 0 spiro atoms. The van der Waals surface area contributed by atoms with Crippen molar-refractivity contribution < 1.29 is 9.53 Å². The van der Waals surface area contributed by atoms with E-state index < -0.39 is 5.97 Å². The number of nitrogens with zero attached hydrogens (tertiary/aromatic N) is 2. The highest BCUT2D eigenvalue weighted by Gasteiger charge is 2.28. The average Bonchev–Trinajstić information content (AvgIpc) is 2.83. The summed E-state index contributed by atoms with van der Waals surface area (Å²) in [4.78, 5) is 13.7. The molecule has 1 aliphatic rings. The Morgan fingerprint density at radius 3 is 3.00 bits per heavy atom. The van der Waals surface area contributed by atoms with Crippen molar-refractivity contribution in [3.05, 3.63) is 5.56 Å². The van der Waals surface area contributed by atoms with Crippen molar-refractivity contribution in [3.8, 4) is 0 Å². The summed E-state index contributed by atoms with van der Waals surface area (Å²) in [5, 5.41) is 0.841. The minimum Gasteiger partial charge on any atom is -0.465 e. The summed E-state index contributed by atoms with van der Waals surface area (Å²) in [5.74, 6) is 0.515. The number of carbonyl (C=O) groups excluding carboxylic acids is 1. The molecule has 0 amide bonds. The Labute approximate surface area is 98.4 Å². The summed E-state index contributed by atoms with van der Waals surface area (Å²) in [6.45, 7) is 4.10. The summed E-state index contributed by atoms with van der Waals surface area (Å²) in [6, 6.07) is 0. The number of nitrogens with two attached hydrogens (primary N) is 1. The molecule has 0 aliphatic carbocycles. The van der Waals surface area contributed by atoms with Crippen LogP contribution in [0.1, 0.15) is 23.7 Å². The molecule has 1 saturated heterocycles. The van der Waals surface area contributed by atoms with Gasteiger partial charge in [0, 0.05) is 13.1 Å². The Hall–Kier alpha value is -1.30. The van der Waals surface area contributed by atoms with Gasteiger partial charge in [0.1, 0.15) is 10.6 Å². The van der Waals surface area contributed by atoms with Gasteiger partial charge in [-0.3, -0.25) is 0 Å². The van der Waals surface area contributed by atoms with E-state index in [1.54, 1.807) is 0 Å². The largest absolute Gasteiger partial charge is 0.465 e. The highest BCUT2D eigenvalue weighted by atomic mass is 32.1. The first-order valence-corrected chi connectivity index (χ1v) is 5.99. The number of hydrogen-bond acceptors (Lipinski definition) is 6. The van der Waals surface area contributed by atoms with E-state index in [1.807, 2.05) is 0 Å². The zero-order valence-electron chi connectivity index (χ0n) is 9.40. The van der Waals surface area contributed by atoms with E-state index in [1.165, 1.54) is 18.6 Å². The number of esters is 1. The molecule has 0 radical (unpaired) electrons. The molecule has 1 aliphatic heterocycles. The minimum absolute atomic E-state index is 0.270. The van der Waals surface area contributed by atoms with E-state index in [-0.39, 0.29) is 5.82 Å². The topological polar surface area (TPSA) is 68.5 Å². The Bertz CT molecular complexity index is 405. The van der Waals surface area contributed by atoms with Gasteiger partial charge in [-0.25, -0.2) is 4.79 Å². The summed E-state index contributed by atoms with van der Waals surface area (Å²) >= 11 is 1.27. The zero-order chi connectivity index (χ0) is 11.7. The normalized spacial score (nSPS) is 20.1. The Balaban J connectivity index is 2.31. The first-order chi connectivity index (χ1) is 7.63. The van der Waals surface area contributed by atoms with Gasteiger partial charge in [-0.05, 0) is 23.9 Å². The third-order valence-electron chi connectivity index (χ3n) is 2.80. The molecule has 2 rings (SSSR count). The molecule has 1 aromatic rings. The summed E-state index contributed by atoms with van der Waals surface area (Å²) < 4.78 is 8.76. The quantitative estimate of drug-likeness (QED) is 0.792. The lowest BCUT2D eigenvalue weighted by Crippen LogP contribution is -2.20. The second-order valence-corrected chi connectivity index (χ2v) is 4.83. The van der Waals surface area contributed by atoms with Crippen LogP contribution < -0.4 is 10.6 Å². The molecule has 16 heavy (non-hydrogen) atoms. The Morgan fingerprint density at radius 1 is 1.69 bits per heavy atom. The van der Waals surface area contributed by atoms with Crippen molar-refractivity contribution in [2.45, 2.75) is 13.3 Å². The number of carbonyl (C=O) groups is 1. The second-order valence-electron chi connectivity index (χ2n) is 4.08. The van der Waals surface area contributed by atoms with Crippen molar-refractivity contribution in [1.82, 2.24) is 4.37 Å². The maximum Gasteiger partial charge on any atom is 0.344 e. The number of rotatable bonds is 2. The number of methoxy groups -OCH3 is 1. The van der Waals surface area contributed by atoms with Gasteiger partial charge < -0.3 is 15.4 Å². The predicted octanol–water partition coefficient (Wildman–Crippen LogP) is 1.36. The number of nitrogen functional groups attached to an aromatic ring is 1. The van der Waals surface area contributed by atoms with Crippen molar-refractivity contribution in [3.63, 3.8) is 0 Å². The van der Waals surface area contributed by atoms with Crippen LogP contribution in [0.5, 0.6) is 0 Å². The average molecular weight is 241 g/mol. The van der Waals surface area contributed by atoms with Crippen LogP contribution in [-0.2, 0) is 4.74 Å². The molecule has 1 atom stereocenters. The molecule has 0 aromatic carbocycles. The van der Waals surface area contributed by atoms with Crippen LogP contribution >= 0.6 is 11.5 Å². The van der Waals surface area contributed by atoms with Crippen LogP contribution in [0.4, 0.5) is 10.8 Å². The minimum atomic E-state index is -0.402. The van der Waals surface area contributed by atoms with Crippen LogP contribution in [0.2, 0.25) is 0 Å². The van der Waals surface area contributed by atoms with Gasteiger partial charge in [0.2, 0.25) is 0 Å². The number of aromatic nitrogens is 1. The van der Waals surface area contributed by atoms with Crippen LogP contribution in [0.3, 0.4) is 0 Å². The molecule has 2 heterocycles. The van der Waals surface area contributed by atoms with Crippen molar-refractivity contribution in [2.75, 3.05) is 30.8 Å². The van der Waals surface area contributed by atoms with Crippen molar-refractivity contribution in [2.24, 2.45) is 5.92 Å². The smallest absolute Gasteiger partial charge is 0.344 e. The number of ether oxygens (including phenoxy) is 1. The first kappa shape index (κ1) is 11.2. The highest BCUT2D eigenvalue weighted by Crippen LogP contribution is 2.34. The molecule has 0 bridgehead atoms. The molecule has 88 valence electrons. The summed E-state index contributed by atoms with van der Waals surface area (Å²) in [6.07, 6.45) is 1.14. The maximum atomic E-state index is 11.6. The SMILES string of the molecule is COC(=O)c1c(N)nsc1N1CCC(C)C1. The maximum absolute atomic E-state index is 11.6. The Morgan fingerprint density at radius 2 is 2.44 bits per heavy atom. The molecule has 0 saturated carbocycles. The van der Waals surface area contributed by atoms with E-state index in [0.29, 0.717) is 11.5 Å². The lowest BCUT2D eigenvalue weighted by atomic mass is 10.2. The van der Waals surface area contributed by atoms with Crippen molar-refractivity contribution >= 4 is 28.3 Å². The number of hydrogen-bond donors (Lipinski definition) is 1. The van der Waals surface area contributed by atoms with Crippen LogP contribution in [0, 0.1) is 5.92 Å². The van der Waals surface area contributed by atoms with Crippen LogP contribution in [-0.4, -0.2) is 30.5 Å².